The number of hydrogen-bond donors (Lipinski definition) is 1. The molecule has 0 spiro atoms. The van der Waals surface area contributed by atoms with E-state index in [0.29, 0.717) is 12.6 Å². The van der Waals surface area contributed by atoms with Crippen LogP contribution in [0.1, 0.15) is 54.3 Å². The normalized spacial score (nSPS) is 18.3. The van der Waals surface area contributed by atoms with Gasteiger partial charge in [-0.25, -0.2) is 0 Å². The monoisotopic (exact) mass is 310 g/mol. The van der Waals surface area contributed by atoms with Crippen molar-refractivity contribution in [2.45, 2.75) is 51.3 Å². The van der Waals surface area contributed by atoms with Gasteiger partial charge in [-0.3, -0.25) is 4.79 Å². The van der Waals surface area contributed by atoms with E-state index in [1.807, 2.05) is 30.5 Å². The van der Waals surface area contributed by atoms with Crippen LogP contribution >= 0.6 is 0 Å². The molecule has 1 saturated carbocycles. The Morgan fingerprint density at radius 3 is 2.96 bits per heavy atom. The standard InChI is InChI=1S/C19H22N2O2/c1-19(2)11-14-10-13(5-8-17(14)23-19)12-20-18(22)16-4-3-9-21(16)15-6-7-15/h3-5,8-10,15H,6-7,11-12H2,1-2H3,(H,20,22). The van der Waals surface area contributed by atoms with E-state index in [0.717, 1.165) is 23.4 Å². The second-order valence-electron chi connectivity index (χ2n) is 7.20. The smallest absolute Gasteiger partial charge is 0.268 e. The highest BCUT2D eigenvalue weighted by Gasteiger charge is 2.30. The third-order valence-electron chi connectivity index (χ3n) is 4.53. The summed E-state index contributed by atoms with van der Waals surface area (Å²) in [5.74, 6) is 0.965. The van der Waals surface area contributed by atoms with Crippen molar-refractivity contribution >= 4 is 5.91 Å². The number of rotatable bonds is 4. The van der Waals surface area contributed by atoms with Crippen LogP contribution in [0.15, 0.2) is 36.5 Å². The lowest BCUT2D eigenvalue weighted by atomic mass is 10.0. The van der Waals surface area contributed by atoms with Gasteiger partial charge in [0.1, 0.15) is 17.0 Å². The van der Waals surface area contributed by atoms with Gasteiger partial charge in [-0.2, -0.15) is 0 Å². The van der Waals surface area contributed by atoms with Gasteiger partial charge in [-0.05, 0) is 56.0 Å². The van der Waals surface area contributed by atoms with Crippen molar-refractivity contribution < 1.29 is 9.53 Å². The van der Waals surface area contributed by atoms with Gasteiger partial charge < -0.3 is 14.6 Å². The topological polar surface area (TPSA) is 43.3 Å². The van der Waals surface area contributed by atoms with Crippen LogP contribution in [-0.2, 0) is 13.0 Å². The number of nitrogens with one attached hydrogen (secondary N) is 1. The molecule has 0 radical (unpaired) electrons. The number of aromatic nitrogens is 1. The van der Waals surface area contributed by atoms with Crippen molar-refractivity contribution in [3.63, 3.8) is 0 Å². The fourth-order valence-electron chi connectivity index (χ4n) is 3.30. The van der Waals surface area contributed by atoms with Crippen LogP contribution < -0.4 is 10.1 Å². The fraction of sp³-hybridized carbons (Fsp3) is 0.421. The van der Waals surface area contributed by atoms with E-state index >= 15 is 0 Å². The Hall–Kier alpha value is -2.23. The van der Waals surface area contributed by atoms with Crippen molar-refractivity contribution in [3.8, 4) is 5.75 Å². The zero-order valence-electron chi connectivity index (χ0n) is 13.6. The Morgan fingerprint density at radius 2 is 2.17 bits per heavy atom. The lowest BCUT2D eigenvalue weighted by Gasteiger charge is -2.16. The average Bonchev–Trinajstić information content (AvgIpc) is 3.13. The average molecular weight is 310 g/mol. The molecule has 1 aliphatic heterocycles. The first kappa shape index (κ1) is 14.4. The Kier molecular flexibility index (Phi) is 3.22. The van der Waals surface area contributed by atoms with E-state index in [1.54, 1.807) is 0 Å². The highest BCUT2D eigenvalue weighted by Crippen LogP contribution is 2.36. The second-order valence-corrected chi connectivity index (χ2v) is 7.20. The van der Waals surface area contributed by atoms with Gasteiger partial charge in [0.05, 0.1) is 0 Å². The van der Waals surface area contributed by atoms with Gasteiger partial charge >= 0.3 is 0 Å². The number of benzene rings is 1. The largest absolute Gasteiger partial charge is 0.487 e. The third kappa shape index (κ3) is 2.85. The molecule has 4 heteroatoms. The summed E-state index contributed by atoms with van der Waals surface area (Å²) in [6, 6.07) is 10.5. The van der Waals surface area contributed by atoms with E-state index < -0.39 is 0 Å². The zero-order chi connectivity index (χ0) is 16.0. The minimum Gasteiger partial charge on any atom is -0.487 e. The van der Waals surface area contributed by atoms with Gasteiger partial charge in [-0.15, -0.1) is 0 Å². The molecule has 0 unspecified atom stereocenters. The summed E-state index contributed by atoms with van der Waals surface area (Å²) in [6.45, 7) is 4.74. The summed E-state index contributed by atoms with van der Waals surface area (Å²) < 4.78 is 7.98. The summed E-state index contributed by atoms with van der Waals surface area (Å²) >= 11 is 0. The summed E-state index contributed by atoms with van der Waals surface area (Å²) in [5.41, 5.74) is 2.97. The number of carbonyl (C=O) groups is 1. The first-order chi connectivity index (χ1) is 11.0. The molecule has 2 heterocycles. The molecule has 1 fully saturated rings. The highest BCUT2D eigenvalue weighted by molar-refractivity contribution is 5.92. The van der Waals surface area contributed by atoms with E-state index in [9.17, 15) is 4.79 Å². The number of fused-ring (bicyclic) bond motifs is 1. The van der Waals surface area contributed by atoms with Gasteiger partial charge in [-0.1, -0.05) is 12.1 Å². The quantitative estimate of drug-likeness (QED) is 0.939. The first-order valence-corrected chi connectivity index (χ1v) is 8.28. The van der Waals surface area contributed by atoms with Crippen molar-refractivity contribution in [2.75, 3.05) is 0 Å². The molecule has 1 N–H and O–H groups in total. The predicted molar refractivity (Wildman–Crippen MR) is 88.7 cm³/mol. The minimum atomic E-state index is -0.130. The van der Waals surface area contributed by atoms with Crippen molar-refractivity contribution in [3.05, 3.63) is 53.3 Å². The molecule has 23 heavy (non-hydrogen) atoms. The highest BCUT2D eigenvalue weighted by atomic mass is 16.5. The van der Waals surface area contributed by atoms with Crippen LogP contribution in [0.5, 0.6) is 5.75 Å². The maximum absolute atomic E-state index is 12.4. The van der Waals surface area contributed by atoms with Gasteiger partial charge in [0.25, 0.3) is 5.91 Å². The van der Waals surface area contributed by atoms with Gasteiger partial charge in [0.2, 0.25) is 0 Å². The molecule has 4 rings (SSSR count). The molecular weight excluding hydrogens is 288 g/mol. The molecule has 1 aromatic heterocycles. The molecule has 0 saturated heterocycles. The number of amides is 1. The third-order valence-corrected chi connectivity index (χ3v) is 4.53. The number of carbonyl (C=O) groups excluding carboxylic acids is 1. The molecule has 1 amide bonds. The van der Waals surface area contributed by atoms with Crippen LogP contribution in [0.2, 0.25) is 0 Å². The van der Waals surface area contributed by atoms with Gasteiger partial charge in [0, 0.05) is 25.2 Å². The summed E-state index contributed by atoms with van der Waals surface area (Å²) in [4.78, 5) is 12.4. The molecule has 120 valence electrons. The van der Waals surface area contributed by atoms with Crippen molar-refractivity contribution in [2.24, 2.45) is 0 Å². The lowest BCUT2D eigenvalue weighted by Crippen LogP contribution is -2.25. The van der Waals surface area contributed by atoms with Gasteiger partial charge in [0.15, 0.2) is 0 Å². The number of hydrogen-bond acceptors (Lipinski definition) is 2. The Labute approximate surface area is 136 Å². The minimum absolute atomic E-state index is 0.000946. The van der Waals surface area contributed by atoms with E-state index in [2.05, 4.69) is 29.8 Å². The molecule has 0 atom stereocenters. The number of nitrogens with zero attached hydrogens (tertiary/aromatic N) is 1. The summed E-state index contributed by atoms with van der Waals surface area (Å²) in [6.07, 6.45) is 5.27. The fourth-order valence-corrected chi connectivity index (χ4v) is 3.30. The molecule has 2 aromatic rings. The lowest BCUT2D eigenvalue weighted by molar-refractivity contribution is 0.0941. The van der Waals surface area contributed by atoms with Crippen LogP contribution in [0.25, 0.3) is 0 Å². The van der Waals surface area contributed by atoms with Crippen molar-refractivity contribution in [1.29, 1.82) is 0 Å². The molecule has 4 nitrogen and oxygen atoms in total. The second kappa shape index (κ2) is 5.15. The SMILES string of the molecule is CC1(C)Cc2cc(CNC(=O)c3cccn3C3CC3)ccc2O1. The Bertz CT molecular complexity index is 756. The molecule has 1 aromatic carbocycles. The zero-order valence-corrected chi connectivity index (χ0v) is 13.6. The Balaban J connectivity index is 1.43. The predicted octanol–water partition coefficient (Wildman–Crippen LogP) is 3.47. The van der Waals surface area contributed by atoms with E-state index in [1.165, 1.54) is 18.4 Å². The molecule has 2 aliphatic rings. The maximum atomic E-state index is 12.4. The number of ether oxygens (including phenoxy) is 1. The van der Waals surface area contributed by atoms with Crippen LogP contribution in [0.4, 0.5) is 0 Å². The van der Waals surface area contributed by atoms with Crippen LogP contribution in [0, 0.1) is 0 Å². The first-order valence-electron chi connectivity index (χ1n) is 8.28. The summed E-state index contributed by atoms with van der Waals surface area (Å²) in [7, 11) is 0. The van der Waals surface area contributed by atoms with Crippen LogP contribution in [-0.4, -0.2) is 16.1 Å². The molecule has 1 aliphatic carbocycles. The molecular formula is C19H22N2O2. The Morgan fingerprint density at radius 1 is 1.35 bits per heavy atom. The molecule has 0 bridgehead atoms. The van der Waals surface area contributed by atoms with Crippen molar-refractivity contribution in [1.82, 2.24) is 9.88 Å². The maximum Gasteiger partial charge on any atom is 0.268 e. The van der Waals surface area contributed by atoms with Crippen LogP contribution in [0.3, 0.4) is 0 Å². The van der Waals surface area contributed by atoms with E-state index in [4.69, 9.17) is 4.74 Å². The summed E-state index contributed by atoms with van der Waals surface area (Å²) in [5, 5.41) is 3.04. The van der Waals surface area contributed by atoms with E-state index in [-0.39, 0.29) is 11.5 Å².